The molecule has 2 aromatic heterocycles. The fourth-order valence-corrected chi connectivity index (χ4v) is 2.38. The van der Waals surface area contributed by atoms with E-state index in [9.17, 15) is 0 Å². The fourth-order valence-electron chi connectivity index (χ4n) is 2.38. The van der Waals surface area contributed by atoms with Crippen LogP contribution in [-0.4, -0.2) is 28.2 Å². The summed E-state index contributed by atoms with van der Waals surface area (Å²) in [7, 11) is 0. The largest absolute Gasteiger partial charge is 0.332 e. The molecule has 1 saturated heterocycles. The maximum Gasteiger partial charge on any atom is 0.276 e. The highest BCUT2D eigenvalue weighted by Gasteiger charge is 2.17. The van der Waals surface area contributed by atoms with Crippen LogP contribution in [0.15, 0.2) is 22.9 Å². The van der Waals surface area contributed by atoms with Crippen LogP contribution in [0.3, 0.4) is 0 Å². The highest BCUT2D eigenvalue weighted by molar-refractivity contribution is 5.47. The van der Waals surface area contributed by atoms with Crippen LogP contribution in [0, 0.1) is 17.2 Å². The van der Waals surface area contributed by atoms with E-state index >= 15 is 0 Å². The summed E-state index contributed by atoms with van der Waals surface area (Å²) in [4.78, 5) is 8.53. The lowest BCUT2D eigenvalue weighted by molar-refractivity contribution is 0.359. The van der Waals surface area contributed by atoms with Crippen LogP contribution in [0.4, 0.5) is 0 Å². The van der Waals surface area contributed by atoms with Crippen molar-refractivity contribution in [2.24, 2.45) is 5.92 Å². The molecule has 1 aliphatic rings. The Bertz CT molecular complexity index is 607. The van der Waals surface area contributed by atoms with Crippen LogP contribution in [0.1, 0.15) is 24.2 Å². The molecule has 0 spiro atoms. The Morgan fingerprint density at radius 2 is 2.40 bits per heavy atom. The first-order chi connectivity index (χ1) is 9.85. The van der Waals surface area contributed by atoms with E-state index in [1.807, 2.05) is 6.07 Å². The topological polar surface area (TPSA) is 87.6 Å². The van der Waals surface area contributed by atoms with Crippen LogP contribution >= 0.6 is 0 Å². The summed E-state index contributed by atoms with van der Waals surface area (Å²) < 4.78 is 5.24. The predicted molar refractivity (Wildman–Crippen MR) is 71.5 cm³/mol. The lowest BCUT2D eigenvalue weighted by Gasteiger charge is -2.20. The van der Waals surface area contributed by atoms with Crippen LogP contribution in [0.2, 0.25) is 0 Å². The third kappa shape index (κ3) is 2.83. The fraction of sp³-hybridized carbons (Fsp3) is 0.429. The molecule has 0 amide bonds. The van der Waals surface area contributed by atoms with E-state index in [1.54, 1.807) is 12.1 Å². The Morgan fingerprint density at radius 1 is 1.45 bits per heavy atom. The quantitative estimate of drug-likeness (QED) is 0.909. The number of aromatic nitrogens is 3. The molecule has 2 aromatic rings. The summed E-state index contributed by atoms with van der Waals surface area (Å²) in [5.74, 6) is 1.70. The number of rotatable bonds is 3. The normalized spacial score (nSPS) is 18.6. The molecule has 20 heavy (non-hydrogen) atoms. The van der Waals surface area contributed by atoms with Crippen molar-refractivity contribution >= 4 is 0 Å². The lowest BCUT2D eigenvalue weighted by Crippen LogP contribution is -2.31. The molecule has 3 rings (SSSR count). The van der Waals surface area contributed by atoms with E-state index in [-0.39, 0.29) is 0 Å². The van der Waals surface area contributed by atoms with Gasteiger partial charge in [0.25, 0.3) is 5.89 Å². The van der Waals surface area contributed by atoms with Crippen LogP contribution < -0.4 is 5.32 Å². The summed E-state index contributed by atoms with van der Waals surface area (Å²) in [5, 5.41) is 16.1. The highest BCUT2D eigenvalue weighted by Crippen LogP contribution is 2.18. The number of piperidine rings is 1. The minimum atomic E-state index is 0.410. The SMILES string of the molecule is N#Cc1ccc(-c2nc(CC3CCCNC3)no2)nc1. The predicted octanol–water partition coefficient (Wildman–Crippen LogP) is 1.55. The van der Waals surface area contributed by atoms with Crippen molar-refractivity contribution in [3.63, 3.8) is 0 Å². The second-order valence-electron chi connectivity index (χ2n) is 4.98. The van der Waals surface area contributed by atoms with Crippen LogP contribution in [0.5, 0.6) is 0 Å². The van der Waals surface area contributed by atoms with Gasteiger partial charge in [-0.3, -0.25) is 0 Å². The zero-order valence-electron chi connectivity index (χ0n) is 11.0. The number of hydrogen-bond donors (Lipinski definition) is 1. The van der Waals surface area contributed by atoms with Crippen molar-refractivity contribution in [2.75, 3.05) is 13.1 Å². The Balaban J connectivity index is 1.70. The average Bonchev–Trinajstić information content (AvgIpc) is 2.97. The average molecular weight is 269 g/mol. The second-order valence-corrected chi connectivity index (χ2v) is 4.98. The van der Waals surface area contributed by atoms with Crippen LogP contribution in [-0.2, 0) is 6.42 Å². The maximum atomic E-state index is 8.74. The van der Waals surface area contributed by atoms with Gasteiger partial charge in [0.1, 0.15) is 11.8 Å². The molecule has 1 fully saturated rings. The third-order valence-corrected chi connectivity index (χ3v) is 3.45. The summed E-state index contributed by atoms with van der Waals surface area (Å²) in [5.41, 5.74) is 1.12. The highest BCUT2D eigenvalue weighted by atomic mass is 16.5. The Kier molecular flexibility index (Phi) is 3.70. The van der Waals surface area contributed by atoms with Crippen molar-refractivity contribution in [3.05, 3.63) is 29.7 Å². The summed E-state index contributed by atoms with van der Waals surface area (Å²) in [6, 6.07) is 5.44. The van der Waals surface area contributed by atoms with Gasteiger partial charge in [0.05, 0.1) is 5.56 Å². The first-order valence-electron chi connectivity index (χ1n) is 6.75. The minimum Gasteiger partial charge on any atom is -0.332 e. The van der Waals surface area contributed by atoms with Gasteiger partial charge in [-0.2, -0.15) is 10.2 Å². The monoisotopic (exact) mass is 269 g/mol. The number of nitrogens with zero attached hydrogens (tertiary/aromatic N) is 4. The van der Waals surface area contributed by atoms with E-state index in [2.05, 4.69) is 20.4 Å². The van der Waals surface area contributed by atoms with Crippen molar-refractivity contribution in [2.45, 2.75) is 19.3 Å². The smallest absolute Gasteiger partial charge is 0.276 e. The molecule has 3 heterocycles. The van der Waals surface area contributed by atoms with Crippen molar-refractivity contribution in [3.8, 4) is 17.7 Å². The summed E-state index contributed by atoms with van der Waals surface area (Å²) >= 11 is 0. The maximum absolute atomic E-state index is 8.74. The Labute approximate surface area is 116 Å². The van der Waals surface area contributed by atoms with Crippen LogP contribution in [0.25, 0.3) is 11.6 Å². The first kappa shape index (κ1) is 12.8. The summed E-state index contributed by atoms with van der Waals surface area (Å²) in [6.45, 7) is 2.11. The van der Waals surface area contributed by atoms with E-state index in [4.69, 9.17) is 9.78 Å². The molecule has 0 aromatic carbocycles. The summed E-state index contributed by atoms with van der Waals surface area (Å²) in [6.07, 6.45) is 4.73. The van der Waals surface area contributed by atoms with Gasteiger partial charge in [-0.15, -0.1) is 0 Å². The number of pyridine rings is 1. The van der Waals surface area contributed by atoms with Crippen molar-refractivity contribution < 1.29 is 4.52 Å². The molecule has 0 bridgehead atoms. The van der Waals surface area contributed by atoms with Gasteiger partial charge in [-0.25, -0.2) is 4.98 Å². The van der Waals surface area contributed by atoms with Gasteiger partial charge in [-0.1, -0.05) is 5.16 Å². The number of hydrogen-bond acceptors (Lipinski definition) is 6. The molecule has 1 N–H and O–H groups in total. The van der Waals surface area contributed by atoms with E-state index in [0.717, 1.165) is 25.3 Å². The van der Waals surface area contributed by atoms with E-state index in [0.29, 0.717) is 23.1 Å². The molecule has 0 saturated carbocycles. The zero-order valence-corrected chi connectivity index (χ0v) is 11.0. The Morgan fingerprint density at radius 3 is 3.10 bits per heavy atom. The van der Waals surface area contributed by atoms with Gasteiger partial charge >= 0.3 is 0 Å². The van der Waals surface area contributed by atoms with Gasteiger partial charge in [0.15, 0.2) is 5.82 Å². The molecule has 1 aliphatic heterocycles. The first-order valence-corrected chi connectivity index (χ1v) is 6.75. The molecule has 6 heteroatoms. The van der Waals surface area contributed by atoms with Gasteiger partial charge < -0.3 is 9.84 Å². The van der Waals surface area contributed by atoms with Gasteiger partial charge in [0, 0.05) is 12.6 Å². The van der Waals surface area contributed by atoms with Crippen molar-refractivity contribution in [1.82, 2.24) is 20.4 Å². The van der Waals surface area contributed by atoms with Gasteiger partial charge in [-0.05, 0) is 44.0 Å². The molecule has 6 nitrogen and oxygen atoms in total. The van der Waals surface area contributed by atoms with E-state index in [1.165, 1.54) is 19.0 Å². The van der Waals surface area contributed by atoms with E-state index < -0.39 is 0 Å². The molecule has 0 radical (unpaired) electrons. The number of nitrogens with one attached hydrogen (secondary N) is 1. The molecule has 1 unspecified atom stereocenters. The lowest BCUT2D eigenvalue weighted by atomic mass is 9.96. The molecule has 0 aliphatic carbocycles. The third-order valence-electron chi connectivity index (χ3n) is 3.45. The molecular formula is C14H15N5O. The molecular weight excluding hydrogens is 254 g/mol. The standard InChI is InChI=1S/C14H15N5O/c15-7-11-3-4-12(17-9-11)14-18-13(19-20-14)6-10-2-1-5-16-8-10/h3-4,9-10,16H,1-2,5-6,8H2. The number of nitriles is 1. The zero-order chi connectivity index (χ0) is 13.8. The molecule has 102 valence electrons. The van der Waals surface area contributed by atoms with Gasteiger partial charge in [0.2, 0.25) is 0 Å². The van der Waals surface area contributed by atoms with Crippen molar-refractivity contribution in [1.29, 1.82) is 5.26 Å². The second kappa shape index (κ2) is 5.80. The molecule has 1 atom stereocenters. The minimum absolute atomic E-state index is 0.410. The Hall–Kier alpha value is -2.26.